The molecule has 1 aliphatic carbocycles. The fraction of sp³-hybridized carbons (Fsp3) is 0.560. The van der Waals surface area contributed by atoms with E-state index >= 15 is 0 Å². The molecule has 5 N–H and O–H groups in total. The number of hydrogen-bond donors (Lipinski definition) is 4. The van der Waals surface area contributed by atoms with Crippen molar-refractivity contribution in [3.8, 4) is 0 Å². The van der Waals surface area contributed by atoms with Gasteiger partial charge in [-0.05, 0) is 62.5 Å². The maximum atomic E-state index is 12.9. The lowest BCUT2D eigenvalue weighted by molar-refractivity contribution is -0.143. The van der Waals surface area contributed by atoms with Crippen molar-refractivity contribution in [1.29, 1.82) is 0 Å². The summed E-state index contributed by atoms with van der Waals surface area (Å²) in [5.41, 5.74) is 8.34. The molecule has 33 heavy (non-hydrogen) atoms. The highest BCUT2D eigenvalue weighted by Crippen LogP contribution is 2.29. The number of hydrogen-bond acceptors (Lipinski definition) is 4. The van der Waals surface area contributed by atoms with Gasteiger partial charge in [0.25, 0.3) is 0 Å². The largest absolute Gasteiger partial charge is 0.481 e. The lowest BCUT2D eigenvalue weighted by Gasteiger charge is -2.33. The van der Waals surface area contributed by atoms with Crippen molar-refractivity contribution in [2.45, 2.75) is 51.0 Å². The Hall–Kier alpha value is -2.87. The van der Waals surface area contributed by atoms with Crippen molar-refractivity contribution in [2.24, 2.45) is 23.5 Å². The maximum absolute atomic E-state index is 12.9. The molecule has 2 aliphatic rings. The average Bonchev–Trinajstić information content (AvgIpc) is 3.25. The molecule has 1 saturated heterocycles. The monoisotopic (exact) mass is 454 g/mol. The van der Waals surface area contributed by atoms with E-state index < -0.39 is 12.0 Å². The Morgan fingerprint density at radius 3 is 2.45 bits per heavy atom. The number of likely N-dealkylation sites (tertiary alicyclic amines) is 1. The van der Waals surface area contributed by atoms with Gasteiger partial charge in [-0.15, -0.1) is 0 Å². The predicted octanol–water partition coefficient (Wildman–Crippen LogP) is 2.28. The van der Waals surface area contributed by atoms with E-state index in [0.717, 1.165) is 29.3 Å². The number of nitrogens with one attached hydrogen (secondary N) is 2. The zero-order valence-electron chi connectivity index (χ0n) is 19.0. The van der Waals surface area contributed by atoms with Crippen LogP contribution in [0.5, 0.6) is 0 Å². The van der Waals surface area contributed by atoms with Crippen LogP contribution in [0.2, 0.25) is 0 Å². The number of rotatable bonds is 7. The number of carboxylic acids is 1. The number of carboxylic acid groups (broad SMARTS) is 1. The van der Waals surface area contributed by atoms with Gasteiger partial charge in [0.2, 0.25) is 11.8 Å². The van der Waals surface area contributed by atoms with Crippen LogP contribution >= 0.6 is 0 Å². The molecule has 0 unspecified atom stereocenters. The second-order valence-electron chi connectivity index (χ2n) is 9.57. The first kappa shape index (κ1) is 23.3. The van der Waals surface area contributed by atoms with Crippen molar-refractivity contribution in [1.82, 2.24) is 15.2 Å². The van der Waals surface area contributed by atoms with Crippen LogP contribution in [0, 0.1) is 17.8 Å². The van der Waals surface area contributed by atoms with Crippen LogP contribution in [0.4, 0.5) is 0 Å². The predicted molar refractivity (Wildman–Crippen MR) is 125 cm³/mol. The summed E-state index contributed by atoms with van der Waals surface area (Å²) in [6.07, 6.45) is 6.75. The van der Waals surface area contributed by atoms with E-state index in [1.165, 1.54) is 0 Å². The van der Waals surface area contributed by atoms with Gasteiger partial charge in [-0.25, -0.2) is 0 Å². The summed E-state index contributed by atoms with van der Waals surface area (Å²) >= 11 is 0. The molecule has 0 radical (unpaired) electrons. The lowest BCUT2D eigenvalue weighted by atomic mass is 9.82. The molecular weight excluding hydrogens is 420 g/mol. The molecule has 8 nitrogen and oxygen atoms in total. The highest BCUT2D eigenvalue weighted by atomic mass is 16.4. The zero-order chi connectivity index (χ0) is 23.4. The SMILES string of the molecule is N[C@@H](Cc1c[nH]c2ccccc12)C(=O)N1CCC(C(=O)NCC2CCC(C(=O)O)CC2)CC1. The summed E-state index contributed by atoms with van der Waals surface area (Å²) in [6.45, 7) is 1.70. The van der Waals surface area contributed by atoms with Gasteiger partial charge in [-0.2, -0.15) is 0 Å². The Morgan fingerprint density at radius 1 is 1.06 bits per heavy atom. The first-order valence-corrected chi connectivity index (χ1v) is 12.0. The van der Waals surface area contributed by atoms with Crippen molar-refractivity contribution in [3.05, 3.63) is 36.0 Å². The van der Waals surface area contributed by atoms with Gasteiger partial charge in [-0.3, -0.25) is 14.4 Å². The number of fused-ring (bicyclic) bond motifs is 1. The fourth-order valence-corrected chi connectivity index (χ4v) is 5.22. The van der Waals surface area contributed by atoms with E-state index in [0.29, 0.717) is 57.7 Å². The minimum Gasteiger partial charge on any atom is -0.481 e. The van der Waals surface area contributed by atoms with Crippen LogP contribution in [0.15, 0.2) is 30.5 Å². The number of piperidine rings is 1. The Morgan fingerprint density at radius 2 is 1.76 bits per heavy atom. The third-order valence-electron chi connectivity index (χ3n) is 7.37. The van der Waals surface area contributed by atoms with Gasteiger partial charge in [0.05, 0.1) is 12.0 Å². The number of aromatic amines is 1. The number of para-hydroxylation sites is 1. The van der Waals surface area contributed by atoms with E-state index in [9.17, 15) is 14.4 Å². The van der Waals surface area contributed by atoms with E-state index in [1.807, 2.05) is 30.5 Å². The minimum atomic E-state index is -0.708. The molecule has 2 fully saturated rings. The lowest BCUT2D eigenvalue weighted by Crippen LogP contribution is -2.49. The summed E-state index contributed by atoms with van der Waals surface area (Å²) in [6, 6.07) is 7.38. The van der Waals surface area contributed by atoms with Crippen LogP contribution < -0.4 is 11.1 Å². The molecule has 0 bridgehead atoms. The standard InChI is InChI=1S/C25H34N4O4/c26-21(13-19-15-27-22-4-2-1-3-20(19)22)24(31)29-11-9-17(10-12-29)23(30)28-14-16-5-7-18(8-6-16)25(32)33/h1-4,15-18,21,27H,5-14,26H2,(H,28,30)(H,32,33)/t16?,18?,21-/m0/s1. The van der Waals surface area contributed by atoms with Gasteiger partial charge >= 0.3 is 5.97 Å². The Bertz CT molecular complexity index is 987. The van der Waals surface area contributed by atoms with E-state index in [1.54, 1.807) is 4.90 Å². The number of H-pyrrole nitrogens is 1. The molecule has 8 heteroatoms. The van der Waals surface area contributed by atoms with Crippen molar-refractivity contribution >= 4 is 28.7 Å². The quantitative estimate of drug-likeness (QED) is 0.510. The second kappa shape index (κ2) is 10.4. The smallest absolute Gasteiger partial charge is 0.306 e. The summed E-state index contributed by atoms with van der Waals surface area (Å²) < 4.78 is 0. The van der Waals surface area contributed by atoms with Crippen LogP contribution in [-0.4, -0.2) is 58.5 Å². The average molecular weight is 455 g/mol. The number of benzene rings is 1. The van der Waals surface area contributed by atoms with Crippen LogP contribution in [0.1, 0.15) is 44.1 Å². The summed E-state index contributed by atoms with van der Waals surface area (Å²) in [5, 5.41) is 13.3. The molecule has 0 spiro atoms. The first-order chi connectivity index (χ1) is 15.9. The summed E-state index contributed by atoms with van der Waals surface area (Å²) in [5.74, 6) is -0.691. The van der Waals surface area contributed by atoms with Crippen molar-refractivity contribution in [3.63, 3.8) is 0 Å². The molecule has 1 saturated carbocycles. The molecule has 1 aromatic carbocycles. The van der Waals surface area contributed by atoms with Crippen molar-refractivity contribution < 1.29 is 19.5 Å². The summed E-state index contributed by atoms with van der Waals surface area (Å²) in [7, 11) is 0. The zero-order valence-corrected chi connectivity index (χ0v) is 19.0. The van der Waals surface area contributed by atoms with Crippen LogP contribution in [0.25, 0.3) is 10.9 Å². The number of nitrogens with two attached hydrogens (primary N) is 1. The van der Waals surface area contributed by atoms with Gasteiger partial charge in [-0.1, -0.05) is 18.2 Å². The van der Waals surface area contributed by atoms with Crippen LogP contribution in [0.3, 0.4) is 0 Å². The molecule has 2 aromatic rings. The van der Waals surface area contributed by atoms with Gasteiger partial charge in [0.15, 0.2) is 0 Å². The number of nitrogens with zero attached hydrogens (tertiary/aromatic N) is 1. The van der Waals surface area contributed by atoms with E-state index in [2.05, 4.69) is 10.3 Å². The molecule has 1 atom stereocenters. The third-order valence-corrected chi connectivity index (χ3v) is 7.37. The molecule has 2 amide bonds. The normalized spacial score (nSPS) is 22.8. The maximum Gasteiger partial charge on any atom is 0.306 e. The Balaban J connectivity index is 1.20. The van der Waals surface area contributed by atoms with Gasteiger partial charge in [0, 0.05) is 42.7 Å². The van der Waals surface area contributed by atoms with Crippen molar-refractivity contribution in [2.75, 3.05) is 19.6 Å². The minimum absolute atomic E-state index is 0.0468. The van der Waals surface area contributed by atoms with Crippen LogP contribution in [-0.2, 0) is 20.8 Å². The Labute approximate surface area is 193 Å². The Kier molecular flexibility index (Phi) is 7.33. The second-order valence-corrected chi connectivity index (χ2v) is 9.57. The highest BCUT2D eigenvalue weighted by molar-refractivity contribution is 5.86. The molecule has 178 valence electrons. The topological polar surface area (TPSA) is 129 Å². The number of amides is 2. The molecule has 1 aliphatic heterocycles. The molecule has 2 heterocycles. The molecule has 1 aromatic heterocycles. The third kappa shape index (κ3) is 5.55. The number of carbonyl (C=O) groups excluding carboxylic acids is 2. The van der Waals surface area contributed by atoms with Gasteiger partial charge in [0.1, 0.15) is 0 Å². The van der Waals surface area contributed by atoms with Gasteiger partial charge < -0.3 is 26.0 Å². The number of aromatic nitrogens is 1. The fourth-order valence-electron chi connectivity index (χ4n) is 5.22. The van der Waals surface area contributed by atoms with E-state index in [-0.39, 0.29) is 23.7 Å². The summed E-state index contributed by atoms with van der Waals surface area (Å²) in [4.78, 5) is 41.6. The molecule has 4 rings (SSSR count). The number of aliphatic carboxylic acids is 1. The van der Waals surface area contributed by atoms with E-state index in [4.69, 9.17) is 10.8 Å². The number of carbonyl (C=O) groups is 3. The molecular formula is C25H34N4O4. The first-order valence-electron chi connectivity index (χ1n) is 12.0. The highest BCUT2D eigenvalue weighted by Gasteiger charge is 2.31.